The topological polar surface area (TPSA) is 237 Å². The van der Waals surface area contributed by atoms with E-state index in [4.69, 9.17) is 37.0 Å². The molecule has 544 valence electrons. The number of ether oxygens (including phenoxy) is 4. The van der Waals surface area contributed by atoms with E-state index >= 15 is 0 Å². The highest BCUT2D eigenvalue weighted by Crippen LogP contribution is 2.45. The van der Waals surface area contributed by atoms with Crippen molar-refractivity contribution in [2.24, 2.45) is 0 Å². The third kappa shape index (κ3) is 67.3. The molecule has 0 fully saturated rings. The van der Waals surface area contributed by atoms with Crippen LogP contribution in [-0.4, -0.2) is 96.7 Å². The number of esters is 4. The van der Waals surface area contributed by atoms with Gasteiger partial charge in [-0.2, -0.15) is 0 Å². The van der Waals surface area contributed by atoms with Gasteiger partial charge in [-0.05, 0) is 128 Å². The fraction of sp³-hybridized carbons (Fsp3) is 0.610. The van der Waals surface area contributed by atoms with Crippen molar-refractivity contribution in [1.29, 1.82) is 0 Å². The molecule has 0 aromatic rings. The van der Waals surface area contributed by atoms with E-state index in [-0.39, 0.29) is 25.7 Å². The number of allylic oxidation sites excluding steroid dienone is 25. The van der Waals surface area contributed by atoms with Gasteiger partial charge >= 0.3 is 39.5 Å². The first kappa shape index (κ1) is 90.7. The van der Waals surface area contributed by atoms with E-state index < -0.39 is 97.5 Å². The van der Waals surface area contributed by atoms with Gasteiger partial charge in [0.15, 0.2) is 12.2 Å². The van der Waals surface area contributed by atoms with Crippen molar-refractivity contribution in [3.8, 4) is 0 Å². The van der Waals surface area contributed by atoms with Gasteiger partial charge in [0.05, 0.1) is 32.8 Å². The van der Waals surface area contributed by atoms with Crippen LogP contribution in [0.25, 0.3) is 0 Å². The zero-order chi connectivity index (χ0) is 70.4. The van der Waals surface area contributed by atoms with E-state index in [9.17, 15) is 43.2 Å². The number of carbonyl (C=O) groups is 4. The second kappa shape index (κ2) is 68.2. The normalized spacial score (nSPS) is 14.9. The summed E-state index contributed by atoms with van der Waals surface area (Å²) in [5.74, 6) is -2.44. The van der Waals surface area contributed by atoms with Gasteiger partial charge in [-0.1, -0.05) is 250 Å². The lowest BCUT2D eigenvalue weighted by Crippen LogP contribution is -2.30. The Hall–Kier alpha value is -5.32. The number of phosphoric acid groups is 2. The summed E-state index contributed by atoms with van der Waals surface area (Å²) in [4.78, 5) is 72.5. The first-order valence-electron chi connectivity index (χ1n) is 35.7. The highest BCUT2D eigenvalue weighted by Gasteiger charge is 2.30. The minimum absolute atomic E-state index is 0.0261. The molecule has 0 bridgehead atoms. The molecule has 19 heteroatoms. The van der Waals surface area contributed by atoms with E-state index in [2.05, 4.69) is 155 Å². The molecular weight excluding hydrogens is 1260 g/mol. The van der Waals surface area contributed by atoms with Crippen LogP contribution in [0.15, 0.2) is 158 Å². The Balaban J connectivity index is 5.48. The number of hydrogen-bond donors (Lipinski definition) is 3. The number of unbranched alkanes of at least 4 members (excludes halogenated alkanes) is 14. The van der Waals surface area contributed by atoms with Crippen molar-refractivity contribution in [2.45, 2.75) is 264 Å². The molecule has 0 heterocycles. The van der Waals surface area contributed by atoms with Crippen molar-refractivity contribution in [2.75, 3.05) is 39.6 Å². The molecule has 17 nitrogen and oxygen atoms in total. The summed E-state index contributed by atoms with van der Waals surface area (Å²) in [6, 6.07) is 0. The first-order valence-corrected chi connectivity index (χ1v) is 38.7. The molecule has 0 amide bonds. The third-order valence-electron chi connectivity index (χ3n) is 14.0. The molecule has 0 aromatic heterocycles. The van der Waals surface area contributed by atoms with Gasteiger partial charge in [0, 0.05) is 19.3 Å². The fourth-order valence-corrected chi connectivity index (χ4v) is 10.3. The van der Waals surface area contributed by atoms with Gasteiger partial charge in [-0.3, -0.25) is 37.3 Å². The second-order valence-corrected chi connectivity index (χ2v) is 26.0. The number of aliphatic hydroxyl groups excluding tert-OH is 1. The zero-order valence-electron chi connectivity index (χ0n) is 59.0. The summed E-state index contributed by atoms with van der Waals surface area (Å²) in [7, 11) is -10.00. The maximum absolute atomic E-state index is 13.0. The molecular formula is C77H124O17P2. The highest BCUT2D eigenvalue weighted by molar-refractivity contribution is 7.47. The largest absolute Gasteiger partial charge is 0.472 e. The van der Waals surface area contributed by atoms with Crippen LogP contribution in [0.2, 0.25) is 0 Å². The Morgan fingerprint density at radius 2 is 0.583 bits per heavy atom. The predicted molar refractivity (Wildman–Crippen MR) is 390 cm³/mol. The molecule has 96 heavy (non-hydrogen) atoms. The number of rotatable bonds is 65. The van der Waals surface area contributed by atoms with E-state index in [1.807, 2.05) is 24.3 Å². The lowest BCUT2D eigenvalue weighted by atomic mass is 10.1. The summed E-state index contributed by atoms with van der Waals surface area (Å²) >= 11 is 0. The Labute approximate surface area is 579 Å². The van der Waals surface area contributed by atoms with Crippen molar-refractivity contribution < 1.29 is 80.2 Å². The SMILES string of the molecule is CC/C=C\C/C=C\C/C=C\C/C=C\C/C=C\CC(=O)OCC(COP(=O)(O)OCC(O)COP(=O)(O)OCC(COC(=O)CCCC/C=C\C/C=C\C/C=C\C/C=C\CC)OC(=O)CCCC/C=C\C/C=C\C/C=C\C/C=C\CC)OC(=O)CCCCCCCCCCCCC. The van der Waals surface area contributed by atoms with Crippen LogP contribution in [0.1, 0.15) is 246 Å². The highest BCUT2D eigenvalue weighted by atomic mass is 31.2. The average Bonchev–Trinajstić information content (AvgIpc) is 1.11. The van der Waals surface area contributed by atoms with E-state index in [0.29, 0.717) is 32.1 Å². The summed E-state index contributed by atoms with van der Waals surface area (Å²) in [5.41, 5.74) is 0. The van der Waals surface area contributed by atoms with Gasteiger partial charge in [0.25, 0.3) is 0 Å². The predicted octanol–water partition coefficient (Wildman–Crippen LogP) is 20.1. The number of carbonyl (C=O) groups excluding carboxylic acids is 4. The standard InChI is InChI=1S/C77H124O17P2/c1-5-9-13-17-21-25-29-32-35-38-42-45-49-53-57-61-74(79)87-67-72(93-76(81)63-59-55-51-47-41-28-24-20-16-12-8-4)69-91-95(83,84)89-65-71(78)66-90-96(85,86)92-70-73(94-77(82)64-60-56-52-48-44-40-37-34-31-27-23-19-15-11-7-3)68-88-75(80)62-58-54-50-46-43-39-36-33-30-26-22-18-14-10-6-2/h9-11,13-15,21-23,25-27,32-37,42-46,48,53,57,71-73,78H,5-8,12,16-20,24,28-31,38-41,47,49-52,54-56,58-70H2,1-4H3,(H,83,84)(H,85,86)/b13-9-,14-10-,15-11-,25-21-,26-22-,27-23-,35-32-,36-33-,37-34-,45-42-,46-43-,48-44-,57-53-. The zero-order valence-corrected chi connectivity index (χ0v) is 60.8. The van der Waals surface area contributed by atoms with Crippen LogP contribution in [-0.2, 0) is 65.4 Å². The molecule has 0 spiro atoms. The van der Waals surface area contributed by atoms with Gasteiger partial charge in [-0.15, -0.1) is 0 Å². The van der Waals surface area contributed by atoms with Crippen LogP contribution in [0.4, 0.5) is 0 Å². The lowest BCUT2D eigenvalue weighted by Gasteiger charge is -2.21. The van der Waals surface area contributed by atoms with Gasteiger partial charge in [0.1, 0.15) is 19.3 Å². The molecule has 0 radical (unpaired) electrons. The molecule has 0 aliphatic carbocycles. The van der Waals surface area contributed by atoms with E-state index in [1.54, 1.807) is 6.08 Å². The van der Waals surface area contributed by atoms with Crippen LogP contribution in [0.3, 0.4) is 0 Å². The van der Waals surface area contributed by atoms with Gasteiger partial charge in [0.2, 0.25) is 0 Å². The second-order valence-electron chi connectivity index (χ2n) is 23.1. The third-order valence-corrected chi connectivity index (χ3v) is 15.9. The Morgan fingerprint density at radius 3 is 0.927 bits per heavy atom. The summed E-state index contributed by atoms with van der Waals surface area (Å²) in [6.45, 7) is 4.26. The Morgan fingerprint density at radius 1 is 0.312 bits per heavy atom. The van der Waals surface area contributed by atoms with Crippen LogP contribution in [0.5, 0.6) is 0 Å². The smallest absolute Gasteiger partial charge is 0.462 e. The van der Waals surface area contributed by atoms with Crippen molar-refractivity contribution in [1.82, 2.24) is 0 Å². The Bertz CT molecular complexity index is 2450. The van der Waals surface area contributed by atoms with Gasteiger partial charge in [-0.25, -0.2) is 9.13 Å². The molecule has 0 aromatic carbocycles. The quantitative estimate of drug-likeness (QED) is 0.0169. The van der Waals surface area contributed by atoms with Crippen LogP contribution < -0.4 is 0 Å². The minimum Gasteiger partial charge on any atom is -0.462 e. The van der Waals surface area contributed by atoms with E-state index in [0.717, 1.165) is 122 Å². The van der Waals surface area contributed by atoms with Crippen molar-refractivity contribution >= 4 is 39.5 Å². The molecule has 0 aliphatic heterocycles. The minimum atomic E-state index is -5.00. The molecule has 3 N–H and O–H groups in total. The maximum atomic E-state index is 13.0. The molecule has 0 aliphatic rings. The molecule has 0 saturated carbocycles. The number of phosphoric ester groups is 2. The van der Waals surface area contributed by atoms with Crippen molar-refractivity contribution in [3.05, 3.63) is 158 Å². The van der Waals surface area contributed by atoms with Crippen molar-refractivity contribution in [3.63, 3.8) is 0 Å². The average molecular weight is 1380 g/mol. The van der Waals surface area contributed by atoms with Crippen LogP contribution in [0, 0.1) is 0 Å². The summed E-state index contributed by atoms with van der Waals surface area (Å²) < 4.78 is 68.1. The molecule has 5 atom stereocenters. The summed E-state index contributed by atoms with van der Waals surface area (Å²) in [5, 5.41) is 10.6. The van der Waals surface area contributed by atoms with E-state index in [1.165, 1.54) is 38.5 Å². The van der Waals surface area contributed by atoms with Gasteiger partial charge < -0.3 is 33.8 Å². The fourth-order valence-electron chi connectivity index (χ4n) is 8.68. The van der Waals surface area contributed by atoms with Crippen LogP contribution >= 0.6 is 15.6 Å². The lowest BCUT2D eigenvalue weighted by molar-refractivity contribution is -0.161. The summed E-state index contributed by atoms with van der Waals surface area (Å²) in [6.07, 6.45) is 77.3. The Kier molecular flexibility index (Phi) is 64.4. The number of hydrogen-bond acceptors (Lipinski definition) is 15. The molecule has 0 saturated heterocycles. The molecule has 5 unspecified atom stereocenters. The molecule has 0 rings (SSSR count). The monoisotopic (exact) mass is 1380 g/mol. The first-order chi connectivity index (χ1) is 46.7. The maximum Gasteiger partial charge on any atom is 0.472 e. The number of aliphatic hydroxyl groups is 1.